The Morgan fingerprint density at radius 2 is 1.92 bits per heavy atom. The average molecular weight is 385 g/mol. The molecule has 3 rings (SSSR count). The number of hydrogen-bond donors (Lipinski definition) is 2. The fourth-order valence-electron chi connectivity index (χ4n) is 3.06. The predicted molar refractivity (Wildman–Crippen MR) is 95.4 cm³/mol. The molecule has 2 heterocycles. The summed E-state index contributed by atoms with van der Waals surface area (Å²) in [5.41, 5.74) is 2.53. The number of aromatic nitrogens is 2. The predicted octanol–water partition coefficient (Wildman–Crippen LogP) is 1.80. The Bertz CT molecular complexity index is 930. The van der Waals surface area contributed by atoms with Crippen LogP contribution < -0.4 is 14.8 Å². The van der Waals surface area contributed by atoms with Crippen LogP contribution >= 0.6 is 0 Å². The van der Waals surface area contributed by atoms with Crippen LogP contribution in [0.25, 0.3) is 10.9 Å². The van der Waals surface area contributed by atoms with Gasteiger partial charge in [-0.2, -0.15) is 8.42 Å². The Kier molecular flexibility index (Phi) is 5.09. The van der Waals surface area contributed by atoms with Crippen molar-refractivity contribution in [3.63, 3.8) is 0 Å². The van der Waals surface area contributed by atoms with E-state index < -0.39 is 22.5 Å². The van der Waals surface area contributed by atoms with Crippen LogP contribution in [0.1, 0.15) is 29.8 Å². The number of nitrogens with zero attached hydrogens (tertiary/aromatic N) is 3. The molecule has 0 saturated carbocycles. The van der Waals surface area contributed by atoms with Gasteiger partial charge in [-0.25, -0.2) is 28.6 Å². The maximum absolute atomic E-state index is 13.2. The molecule has 10 heteroatoms. The van der Waals surface area contributed by atoms with Crippen molar-refractivity contribution in [3.05, 3.63) is 29.1 Å². The van der Waals surface area contributed by atoms with Gasteiger partial charge in [-0.05, 0) is 49.4 Å². The van der Waals surface area contributed by atoms with E-state index in [0.717, 1.165) is 16.5 Å². The third-order valence-electron chi connectivity index (χ3n) is 4.62. The second-order valence-electron chi connectivity index (χ2n) is 6.66. The van der Waals surface area contributed by atoms with E-state index in [4.69, 9.17) is 5.14 Å². The fourth-order valence-corrected chi connectivity index (χ4v) is 3.46. The summed E-state index contributed by atoms with van der Waals surface area (Å²) in [5.74, 6) is 0.273. The van der Waals surface area contributed by atoms with Gasteiger partial charge in [0, 0.05) is 25.0 Å². The van der Waals surface area contributed by atoms with Crippen LogP contribution in [0.3, 0.4) is 0 Å². The molecule has 0 bridgehead atoms. The Hall–Kier alpha value is -1.91. The number of rotatable bonds is 6. The molecule has 7 nitrogen and oxygen atoms in total. The maximum atomic E-state index is 13.2. The van der Waals surface area contributed by atoms with Gasteiger partial charge < -0.3 is 4.90 Å². The zero-order chi connectivity index (χ0) is 19.1. The molecule has 0 aliphatic carbocycles. The summed E-state index contributed by atoms with van der Waals surface area (Å²) >= 11 is 0. The molecule has 1 aromatic carbocycles. The van der Waals surface area contributed by atoms with Crippen molar-refractivity contribution in [1.29, 1.82) is 0 Å². The van der Waals surface area contributed by atoms with Gasteiger partial charge in [-0.15, -0.1) is 0 Å². The topological polar surface area (TPSA) is 101 Å². The first-order valence-corrected chi connectivity index (χ1v) is 9.78. The quantitative estimate of drug-likeness (QED) is 0.790. The van der Waals surface area contributed by atoms with Gasteiger partial charge >= 0.3 is 0 Å². The lowest BCUT2D eigenvalue weighted by atomic mass is 9.95. The third-order valence-corrected chi connectivity index (χ3v) is 5.22. The van der Waals surface area contributed by atoms with E-state index in [2.05, 4.69) is 14.7 Å². The standard InChI is InChI=1S/C16H21F2N5O2S/c1-9-5-12-13(6-10(9)2)21-15(14(17)18)22-16(12)23-7-11(8-23)3-4-20-26(19,24)25/h5-6,11,14,20H,3-4,7-8H2,1-2H3,(H2,19,24,25). The van der Waals surface area contributed by atoms with Crippen molar-refractivity contribution in [2.75, 3.05) is 24.5 Å². The first-order valence-electron chi connectivity index (χ1n) is 8.23. The molecule has 142 valence electrons. The summed E-state index contributed by atoms with van der Waals surface area (Å²) in [6.07, 6.45) is -2.12. The van der Waals surface area contributed by atoms with Crippen LogP contribution in [0.2, 0.25) is 0 Å². The molecule has 0 unspecified atom stereocenters. The van der Waals surface area contributed by atoms with Crippen LogP contribution in [-0.2, 0) is 10.2 Å². The summed E-state index contributed by atoms with van der Waals surface area (Å²) in [6.45, 7) is 5.36. The molecule has 2 aromatic rings. The maximum Gasteiger partial charge on any atom is 0.297 e. The van der Waals surface area contributed by atoms with Gasteiger partial charge in [-0.3, -0.25) is 0 Å². The number of aryl methyl sites for hydroxylation is 2. The minimum absolute atomic E-state index is 0.246. The third kappa shape index (κ3) is 4.08. The minimum atomic E-state index is -3.69. The normalized spacial score (nSPS) is 15.7. The van der Waals surface area contributed by atoms with E-state index in [1.54, 1.807) is 6.07 Å². The second kappa shape index (κ2) is 7.01. The first-order chi connectivity index (χ1) is 12.1. The van der Waals surface area contributed by atoms with Crippen molar-refractivity contribution in [1.82, 2.24) is 14.7 Å². The van der Waals surface area contributed by atoms with Gasteiger partial charge in [0.15, 0.2) is 5.82 Å². The Labute approximate surface area is 150 Å². The molecule has 1 fully saturated rings. The highest BCUT2D eigenvalue weighted by molar-refractivity contribution is 7.87. The molecule has 1 aliphatic rings. The Morgan fingerprint density at radius 3 is 2.54 bits per heavy atom. The molecule has 0 amide bonds. The van der Waals surface area contributed by atoms with E-state index in [1.165, 1.54) is 0 Å². The first kappa shape index (κ1) is 18.9. The number of halogens is 2. The largest absolute Gasteiger partial charge is 0.355 e. The smallest absolute Gasteiger partial charge is 0.297 e. The molecular formula is C16H21F2N5O2S. The van der Waals surface area contributed by atoms with Crippen LogP contribution in [0.15, 0.2) is 12.1 Å². The van der Waals surface area contributed by atoms with E-state index in [1.807, 2.05) is 24.8 Å². The zero-order valence-corrected chi connectivity index (χ0v) is 15.4. The molecule has 0 radical (unpaired) electrons. The van der Waals surface area contributed by atoms with Gasteiger partial charge in [0.05, 0.1) is 5.52 Å². The summed E-state index contributed by atoms with van der Waals surface area (Å²) in [7, 11) is -3.69. The SMILES string of the molecule is Cc1cc2nc(C(F)F)nc(N3CC(CCNS(N)(=O)=O)C3)c2cc1C. The molecular weight excluding hydrogens is 364 g/mol. The fraction of sp³-hybridized carbons (Fsp3) is 0.500. The number of alkyl halides is 2. The number of nitrogens with two attached hydrogens (primary N) is 1. The van der Waals surface area contributed by atoms with Gasteiger partial charge in [0.2, 0.25) is 0 Å². The van der Waals surface area contributed by atoms with Crippen LogP contribution in [-0.4, -0.2) is 38.0 Å². The molecule has 1 aliphatic heterocycles. The number of hydrogen-bond acceptors (Lipinski definition) is 5. The monoisotopic (exact) mass is 385 g/mol. The molecule has 1 aromatic heterocycles. The Balaban J connectivity index is 1.80. The lowest BCUT2D eigenvalue weighted by Crippen LogP contribution is -2.48. The van der Waals surface area contributed by atoms with Crippen LogP contribution in [0, 0.1) is 19.8 Å². The van der Waals surface area contributed by atoms with Gasteiger partial charge in [-0.1, -0.05) is 0 Å². The highest BCUT2D eigenvalue weighted by atomic mass is 32.2. The summed E-state index contributed by atoms with van der Waals surface area (Å²) in [5, 5.41) is 5.64. The van der Waals surface area contributed by atoms with Crippen molar-refractivity contribution >= 4 is 26.9 Å². The van der Waals surface area contributed by atoms with E-state index in [-0.39, 0.29) is 12.5 Å². The highest BCUT2D eigenvalue weighted by Gasteiger charge is 2.30. The molecule has 0 atom stereocenters. The van der Waals surface area contributed by atoms with Crippen molar-refractivity contribution in [2.45, 2.75) is 26.7 Å². The Morgan fingerprint density at radius 1 is 1.27 bits per heavy atom. The molecule has 3 N–H and O–H groups in total. The summed E-state index contributed by atoms with van der Waals surface area (Å²) < 4.78 is 50.4. The molecule has 1 saturated heterocycles. The highest BCUT2D eigenvalue weighted by Crippen LogP contribution is 2.33. The number of anilines is 1. The van der Waals surface area contributed by atoms with Gasteiger partial charge in [0.25, 0.3) is 16.6 Å². The zero-order valence-electron chi connectivity index (χ0n) is 14.5. The van der Waals surface area contributed by atoms with Crippen molar-refractivity contribution in [3.8, 4) is 0 Å². The summed E-state index contributed by atoms with van der Waals surface area (Å²) in [6, 6.07) is 3.72. The van der Waals surface area contributed by atoms with Crippen molar-refractivity contribution in [2.24, 2.45) is 11.1 Å². The molecule has 26 heavy (non-hydrogen) atoms. The second-order valence-corrected chi connectivity index (χ2v) is 8.04. The number of fused-ring (bicyclic) bond motifs is 1. The lowest BCUT2D eigenvalue weighted by molar-refractivity contribution is 0.140. The summed E-state index contributed by atoms with van der Waals surface area (Å²) in [4.78, 5) is 10.00. The van der Waals surface area contributed by atoms with Gasteiger partial charge in [0.1, 0.15) is 5.82 Å². The number of benzene rings is 1. The van der Waals surface area contributed by atoms with E-state index in [0.29, 0.717) is 30.8 Å². The van der Waals surface area contributed by atoms with Crippen molar-refractivity contribution < 1.29 is 17.2 Å². The average Bonchev–Trinajstić information content (AvgIpc) is 2.49. The van der Waals surface area contributed by atoms with E-state index in [9.17, 15) is 17.2 Å². The lowest BCUT2D eigenvalue weighted by Gasteiger charge is -2.41. The molecule has 0 spiro atoms. The van der Waals surface area contributed by atoms with E-state index >= 15 is 0 Å². The minimum Gasteiger partial charge on any atom is -0.355 e. The van der Waals surface area contributed by atoms with Crippen LogP contribution in [0.4, 0.5) is 14.6 Å². The number of nitrogens with one attached hydrogen (secondary N) is 1. The van der Waals surface area contributed by atoms with Crippen LogP contribution in [0.5, 0.6) is 0 Å².